The van der Waals surface area contributed by atoms with Gasteiger partial charge in [0.25, 0.3) is 0 Å². The standard InChI is InChI=1S/C13H28N2O3S/c1-5-15(19(4,16)17)8-6-7-14-13-9-11(2)18-12(3)10-13/h11-14H,5-10H2,1-4H3. The van der Waals surface area contributed by atoms with Gasteiger partial charge in [0.15, 0.2) is 0 Å². The third-order valence-corrected chi connectivity index (χ3v) is 4.92. The quantitative estimate of drug-likeness (QED) is 0.717. The molecule has 0 aromatic rings. The topological polar surface area (TPSA) is 58.6 Å². The van der Waals surface area contributed by atoms with E-state index in [4.69, 9.17) is 4.74 Å². The smallest absolute Gasteiger partial charge is 0.211 e. The van der Waals surface area contributed by atoms with Gasteiger partial charge in [-0.3, -0.25) is 0 Å². The molecule has 1 rings (SSSR count). The molecular formula is C13H28N2O3S. The first-order chi connectivity index (χ1) is 8.82. The van der Waals surface area contributed by atoms with Gasteiger partial charge < -0.3 is 10.1 Å². The van der Waals surface area contributed by atoms with Crippen LogP contribution in [0.3, 0.4) is 0 Å². The highest BCUT2D eigenvalue weighted by Crippen LogP contribution is 2.18. The van der Waals surface area contributed by atoms with E-state index in [9.17, 15) is 8.42 Å². The van der Waals surface area contributed by atoms with Gasteiger partial charge in [0.2, 0.25) is 10.0 Å². The van der Waals surface area contributed by atoms with Crippen molar-refractivity contribution in [3.63, 3.8) is 0 Å². The third kappa shape index (κ3) is 6.21. The molecule has 2 unspecified atom stereocenters. The average Bonchev–Trinajstić information content (AvgIpc) is 2.25. The molecule has 0 spiro atoms. The first-order valence-corrected chi connectivity index (χ1v) is 9.01. The van der Waals surface area contributed by atoms with Crippen molar-refractivity contribution in [2.24, 2.45) is 0 Å². The van der Waals surface area contributed by atoms with Gasteiger partial charge in [-0.05, 0) is 39.7 Å². The number of nitrogens with zero attached hydrogens (tertiary/aromatic N) is 1. The van der Waals surface area contributed by atoms with E-state index in [1.165, 1.54) is 10.6 Å². The summed E-state index contributed by atoms with van der Waals surface area (Å²) in [5.74, 6) is 0. The minimum Gasteiger partial charge on any atom is -0.375 e. The molecule has 1 heterocycles. The maximum atomic E-state index is 11.4. The fraction of sp³-hybridized carbons (Fsp3) is 1.00. The summed E-state index contributed by atoms with van der Waals surface area (Å²) in [5, 5.41) is 3.51. The molecule has 1 fully saturated rings. The van der Waals surface area contributed by atoms with Crippen molar-refractivity contribution in [2.45, 2.75) is 58.3 Å². The van der Waals surface area contributed by atoms with Gasteiger partial charge in [0, 0.05) is 19.1 Å². The lowest BCUT2D eigenvalue weighted by molar-refractivity contribution is -0.0420. The average molecular weight is 292 g/mol. The molecule has 6 heteroatoms. The Morgan fingerprint density at radius 3 is 2.32 bits per heavy atom. The van der Waals surface area contributed by atoms with Gasteiger partial charge in [-0.15, -0.1) is 0 Å². The van der Waals surface area contributed by atoms with Crippen LogP contribution in [0.4, 0.5) is 0 Å². The predicted molar refractivity (Wildman–Crippen MR) is 77.7 cm³/mol. The molecule has 114 valence electrons. The van der Waals surface area contributed by atoms with E-state index in [0.717, 1.165) is 25.8 Å². The highest BCUT2D eigenvalue weighted by molar-refractivity contribution is 7.88. The lowest BCUT2D eigenvalue weighted by atomic mass is 10.00. The van der Waals surface area contributed by atoms with Crippen molar-refractivity contribution in [1.29, 1.82) is 0 Å². The van der Waals surface area contributed by atoms with Crippen molar-refractivity contribution in [3.8, 4) is 0 Å². The molecule has 0 aliphatic carbocycles. The number of ether oxygens (including phenoxy) is 1. The summed E-state index contributed by atoms with van der Waals surface area (Å²) in [6.45, 7) is 8.08. The second-order valence-electron chi connectivity index (χ2n) is 5.49. The van der Waals surface area contributed by atoms with Crippen LogP contribution in [0.2, 0.25) is 0 Å². The molecule has 1 aliphatic heterocycles. The van der Waals surface area contributed by atoms with Gasteiger partial charge in [0.1, 0.15) is 0 Å². The molecular weight excluding hydrogens is 264 g/mol. The molecule has 19 heavy (non-hydrogen) atoms. The van der Waals surface area contributed by atoms with Gasteiger partial charge in [0.05, 0.1) is 18.5 Å². The highest BCUT2D eigenvalue weighted by atomic mass is 32.2. The first kappa shape index (κ1) is 16.9. The molecule has 2 atom stereocenters. The van der Waals surface area contributed by atoms with Crippen LogP contribution in [-0.4, -0.2) is 56.9 Å². The van der Waals surface area contributed by atoms with Crippen LogP contribution in [0.5, 0.6) is 0 Å². The Kier molecular flexibility index (Phi) is 6.73. The van der Waals surface area contributed by atoms with E-state index in [1.807, 2.05) is 6.92 Å². The molecule has 1 saturated heterocycles. The van der Waals surface area contributed by atoms with Crippen LogP contribution in [0, 0.1) is 0 Å². The molecule has 0 aromatic heterocycles. The SMILES string of the molecule is CCN(CCCNC1CC(C)OC(C)C1)S(C)(=O)=O. The van der Waals surface area contributed by atoms with Crippen molar-refractivity contribution in [3.05, 3.63) is 0 Å². The molecule has 0 radical (unpaired) electrons. The number of rotatable bonds is 7. The second kappa shape index (κ2) is 7.57. The van der Waals surface area contributed by atoms with Crippen LogP contribution in [-0.2, 0) is 14.8 Å². The highest BCUT2D eigenvalue weighted by Gasteiger charge is 2.23. The summed E-state index contributed by atoms with van der Waals surface area (Å²) in [6, 6.07) is 0.493. The number of hydrogen-bond donors (Lipinski definition) is 1. The summed E-state index contributed by atoms with van der Waals surface area (Å²) < 4.78 is 30.1. The normalized spacial score (nSPS) is 28.8. The zero-order valence-corrected chi connectivity index (χ0v) is 13.4. The van der Waals surface area contributed by atoms with Crippen molar-refractivity contribution in [1.82, 2.24) is 9.62 Å². The Morgan fingerprint density at radius 2 is 1.84 bits per heavy atom. The zero-order valence-electron chi connectivity index (χ0n) is 12.6. The number of nitrogens with one attached hydrogen (secondary N) is 1. The number of hydrogen-bond acceptors (Lipinski definition) is 4. The monoisotopic (exact) mass is 292 g/mol. The Labute approximate surface area is 117 Å². The van der Waals surface area contributed by atoms with Gasteiger partial charge >= 0.3 is 0 Å². The minimum atomic E-state index is -3.05. The first-order valence-electron chi connectivity index (χ1n) is 7.17. The van der Waals surface area contributed by atoms with Crippen LogP contribution < -0.4 is 5.32 Å². The lowest BCUT2D eigenvalue weighted by Gasteiger charge is -2.32. The Hall–Kier alpha value is -0.170. The van der Waals surface area contributed by atoms with E-state index < -0.39 is 10.0 Å². The van der Waals surface area contributed by atoms with E-state index >= 15 is 0 Å². The molecule has 0 aromatic carbocycles. The Bertz CT molecular complexity index is 349. The number of sulfonamides is 1. The van der Waals surface area contributed by atoms with Crippen molar-refractivity contribution >= 4 is 10.0 Å². The molecule has 1 aliphatic rings. The fourth-order valence-electron chi connectivity index (χ4n) is 2.69. The predicted octanol–water partition coefficient (Wildman–Crippen LogP) is 1.20. The summed E-state index contributed by atoms with van der Waals surface area (Å²) >= 11 is 0. The largest absolute Gasteiger partial charge is 0.375 e. The van der Waals surface area contributed by atoms with Crippen LogP contribution in [0.1, 0.15) is 40.0 Å². The molecule has 1 N–H and O–H groups in total. The summed E-state index contributed by atoms with van der Waals surface area (Å²) in [5.41, 5.74) is 0. The molecule has 5 nitrogen and oxygen atoms in total. The van der Waals surface area contributed by atoms with Crippen LogP contribution in [0.25, 0.3) is 0 Å². The van der Waals surface area contributed by atoms with Gasteiger partial charge in [-0.2, -0.15) is 0 Å². The Balaban J connectivity index is 2.23. The van der Waals surface area contributed by atoms with E-state index in [-0.39, 0.29) is 0 Å². The van der Waals surface area contributed by atoms with Crippen molar-refractivity contribution < 1.29 is 13.2 Å². The van der Waals surface area contributed by atoms with E-state index in [0.29, 0.717) is 31.3 Å². The fourth-order valence-corrected chi connectivity index (χ4v) is 3.62. The van der Waals surface area contributed by atoms with Crippen LogP contribution in [0.15, 0.2) is 0 Å². The van der Waals surface area contributed by atoms with E-state index in [1.54, 1.807) is 0 Å². The summed E-state index contributed by atoms with van der Waals surface area (Å²) in [4.78, 5) is 0. The Morgan fingerprint density at radius 1 is 1.26 bits per heavy atom. The molecule has 0 saturated carbocycles. The van der Waals surface area contributed by atoms with Gasteiger partial charge in [-0.1, -0.05) is 6.92 Å². The summed E-state index contributed by atoms with van der Waals surface area (Å²) in [6.07, 6.45) is 4.81. The third-order valence-electron chi connectivity index (χ3n) is 3.54. The van der Waals surface area contributed by atoms with Gasteiger partial charge in [-0.25, -0.2) is 12.7 Å². The summed E-state index contributed by atoms with van der Waals surface area (Å²) in [7, 11) is -3.05. The zero-order chi connectivity index (χ0) is 14.5. The van der Waals surface area contributed by atoms with E-state index in [2.05, 4.69) is 19.2 Å². The molecule has 0 amide bonds. The molecule has 0 bridgehead atoms. The maximum Gasteiger partial charge on any atom is 0.211 e. The minimum absolute atomic E-state index is 0.310. The second-order valence-corrected chi connectivity index (χ2v) is 7.47. The van der Waals surface area contributed by atoms with Crippen molar-refractivity contribution in [2.75, 3.05) is 25.9 Å². The van der Waals surface area contributed by atoms with Crippen LogP contribution >= 0.6 is 0 Å². The maximum absolute atomic E-state index is 11.4. The lowest BCUT2D eigenvalue weighted by Crippen LogP contribution is -2.42.